The van der Waals surface area contributed by atoms with E-state index in [4.69, 9.17) is 0 Å². The molecule has 0 saturated heterocycles. The van der Waals surface area contributed by atoms with E-state index in [2.05, 4.69) is 19.2 Å². The molecule has 0 spiro atoms. The first kappa shape index (κ1) is 13.5. The Labute approximate surface area is 102 Å². The second kappa shape index (κ2) is 7.69. The number of benzene rings is 1. The van der Waals surface area contributed by atoms with Gasteiger partial charge in [-0.2, -0.15) is 0 Å². The highest BCUT2D eigenvalue weighted by atomic mass is 32.2. The molecule has 3 heteroatoms. The summed E-state index contributed by atoms with van der Waals surface area (Å²) < 4.78 is 13.3. The van der Waals surface area contributed by atoms with Crippen molar-refractivity contribution in [1.29, 1.82) is 0 Å². The average molecular weight is 241 g/mol. The summed E-state index contributed by atoms with van der Waals surface area (Å²) in [5.41, 5.74) is 0. The van der Waals surface area contributed by atoms with Crippen LogP contribution < -0.4 is 5.32 Å². The molecule has 1 rings (SSSR count). The van der Waals surface area contributed by atoms with Gasteiger partial charge in [0.15, 0.2) is 0 Å². The van der Waals surface area contributed by atoms with Gasteiger partial charge in [-0.3, -0.25) is 0 Å². The first-order valence-corrected chi connectivity index (χ1v) is 6.83. The van der Waals surface area contributed by atoms with Crippen molar-refractivity contribution in [1.82, 2.24) is 5.32 Å². The Hall–Kier alpha value is -0.540. The monoisotopic (exact) mass is 241 g/mol. The molecule has 1 N–H and O–H groups in total. The number of hydrogen-bond acceptors (Lipinski definition) is 2. The fourth-order valence-electron chi connectivity index (χ4n) is 1.58. The summed E-state index contributed by atoms with van der Waals surface area (Å²) in [7, 11) is 0. The lowest BCUT2D eigenvalue weighted by Crippen LogP contribution is -2.25. The summed E-state index contributed by atoms with van der Waals surface area (Å²) in [6.07, 6.45) is 2.27. The molecule has 0 aliphatic heterocycles. The molecule has 1 unspecified atom stereocenters. The molecule has 1 nitrogen and oxygen atoms in total. The van der Waals surface area contributed by atoms with Crippen molar-refractivity contribution in [3.63, 3.8) is 0 Å². The molecule has 0 bridgehead atoms. The van der Waals surface area contributed by atoms with E-state index in [9.17, 15) is 4.39 Å². The lowest BCUT2D eigenvalue weighted by molar-refractivity contribution is 0.526. The molecule has 1 aromatic carbocycles. The van der Waals surface area contributed by atoms with Gasteiger partial charge in [0.2, 0.25) is 0 Å². The Morgan fingerprint density at radius 3 is 2.81 bits per heavy atom. The quantitative estimate of drug-likeness (QED) is 0.577. The molecular formula is C13H20FNS. The highest BCUT2D eigenvalue weighted by Crippen LogP contribution is 2.22. The van der Waals surface area contributed by atoms with Crippen LogP contribution in [0.15, 0.2) is 29.2 Å². The number of halogens is 1. The van der Waals surface area contributed by atoms with E-state index in [1.807, 2.05) is 12.1 Å². The third-order valence-electron chi connectivity index (χ3n) is 2.43. The number of rotatable bonds is 7. The zero-order valence-corrected chi connectivity index (χ0v) is 10.8. The Bertz CT molecular complexity index is 304. The third kappa shape index (κ3) is 4.99. The van der Waals surface area contributed by atoms with Gasteiger partial charge in [-0.25, -0.2) is 4.39 Å². The maximum Gasteiger partial charge on any atom is 0.136 e. The summed E-state index contributed by atoms with van der Waals surface area (Å²) in [6, 6.07) is 7.53. The van der Waals surface area contributed by atoms with Gasteiger partial charge in [0.25, 0.3) is 0 Å². The van der Waals surface area contributed by atoms with Gasteiger partial charge in [0.1, 0.15) is 5.82 Å². The zero-order chi connectivity index (χ0) is 11.8. The normalized spacial score (nSPS) is 12.7. The van der Waals surface area contributed by atoms with E-state index >= 15 is 0 Å². The molecule has 0 saturated carbocycles. The minimum Gasteiger partial charge on any atom is -0.315 e. The lowest BCUT2D eigenvalue weighted by Gasteiger charge is -2.11. The molecule has 0 radical (unpaired) electrons. The molecule has 0 aliphatic carbocycles. The molecule has 90 valence electrons. The number of nitrogens with one attached hydrogen (secondary N) is 1. The Balaban J connectivity index is 2.19. The Morgan fingerprint density at radius 2 is 2.12 bits per heavy atom. The number of hydrogen-bond donors (Lipinski definition) is 1. The van der Waals surface area contributed by atoms with Crippen LogP contribution in [0.4, 0.5) is 4.39 Å². The van der Waals surface area contributed by atoms with Crippen LogP contribution in [0.25, 0.3) is 0 Å². The molecule has 16 heavy (non-hydrogen) atoms. The predicted molar refractivity (Wildman–Crippen MR) is 69.5 cm³/mol. The summed E-state index contributed by atoms with van der Waals surface area (Å²) in [6.45, 7) is 5.32. The minimum absolute atomic E-state index is 0.104. The molecular weight excluding hydrogens is 221 g/mol. The molecule has 0 aromatic heterocycles. The third-order valence-corrected chi connectivity index (χ3v) is 3.56. The fraction of sp³-hybridized carbons (Fsp3) is 0.538. The Kier molecular flexibility index (Phi) is 6.50. The number of thioether (sulfide) groups is 1. The van der Waals surface area contributed by atoms with Gasteiger partial charge in [0, 0.05) is 10.9 Å². The molecule has 0 fully saturated rings. The van der Waals surface area contributed by atoms with Crippen molar-refractivity contribution in [2.24, 2.45) is 0 Å². The van der Waals surface area contributed by atoms with Gasteiger partial charge < -0.3 is 5.32 Å². The maximum absolute atomic E-state index is 13.3. The van der Waals surface area contributed by atoms with E-state index in [1.165, 1.54) is 6.07 Å². The largest absolute Gasteiger partial charge is 0.315 e. The van der Waals surface area contributed by atoms with Crippen LogP contribution in [0.3, 0.4) is 0 Å². The maximum atomic E-state index is 13.3. The van der Waals surface area contributed by atoms with Crippen molar-refractivity contribution < 1.29 is 4.39 Å². The smallest absolute Gasteiger partial charge is 0.136 e. The van der Waals surface area contributed by atoms with Gasteiger partial charge in [-0.15, -0.1) is 11.8 Å². The van der Waals surface area contributed by atoms with Crippen LogP contribution in [-0.4, -0.2) is 18.3 Å². The second-order valence-electron chi connectivity index (χ2n) is 3.88. The highest BCUT2D eigenvalue weighted by Gasteiger charge is 2.02. The summed E-state index contributed by atoms with van der Waals surface area (Å²) in [5, 5.41) is 3.37. The van der Waals surface area contributed by atoms with Crippen LogP contribution in [0.5, 0.6) is 0 Å². The van der Waals surface area contributed by atoms with Crippen molar-refractivity contribution in [2.75, 3.05) is 12.3 Å². The molecule has 1 atom stereocenters. The molecule has 1 aromatic rings. The summed E-state index contributed by atoms with van der Waals surface area (Å²) >= 11 is 1.60. The van der Waals surface area contributed by atoms with Gasteiger partial charge in [-0.05, 0) is 44.2 Å². The summed E-state index contributed by atoms with van der Waals surface area (Å²) in [5.74, 6) is 0.878. The van der Waals surface area contributed by atoms with E-state index in [1.54, 1.807) is 17.8 Å². The van der Waals surface area contributed by atoms with E-state index in [0.29, 0.717) is 6.04 Å². The standard InChI is InChI=1S/C13H20FNS/c1-3-15-11(2)7-6-10-16-13-9-5-4-8-12(13)14/h4-5,8-9,11,15H,3,6-7,10H2,1-2H3. The first-order valence-electron chi connectivity index (χ1n) is 5.84. The van der Waals surface area contributed by atoms with Gasteiger partial charge in [0.05, 0.1) is 0 Å². The van der Waals surface area contributed by atoms with Crippen LogP contribution in [0, 0.1) is 5.82 Å². The molecule has 0 aliphatic rings. The fourth-order valence-corrected chi connectivity index (χ4v) is 2.50. The van der Waals surface area contributed by atoms with Crippen molar-refractivity contribution in [3.05, 3.63) is 30.1 Å². The predicted octanol–water partition coefficient (Wildman–Crippen LogP) is 3.70. The second-order valence-corrected chi connectivity index (χ2v) is 5.02. The first-order chi connectivity index (χ1) is 7.74. The van der Waals surface area contributed by atoms with Crippen LogP contribution in [0.1, 0.15) is 26.7 Å². The topological polar surface area (TPSA) is 12.0 Å². The van der Waals surface area contributed by atoms with Gasteiger partial charge >= 0.3 is 0 Å². The van der Waals surface area contributed by atoms with E-state index in [0.717, 1.165) is 30.0 Å². The lowest BCUT2D eigenvalue weighted by atomic mass is 10.2. The molecule has 0 heterocycles. The van der Waals surface area contributed by atoms with E-state index in [-0.39, 0.29) is 5.82 Å². The minimum atomic E-state index is -0.104. The van der Waals surface area contributed by atoms with Crippen molar-refractivity contribution >= 4 is 11.8 Å². The van der Waals surface area contributed by atoms with Crippen molar-refractivity contribution in [3.8, 4) is 0 Å². The van der Waals surface area contributed by atoms with Crippen LogP contribution in [-0.2, 0) is 0 Å². The Morgan fingerprint density at radius 1 is 1.38 bits per heavy atom. The molecule has 0 amide bonds. The van der Waals surface area contributed by atoms with Crippen molar-refractivity contribution in [2.45, 2.75) is 37.6 Å². The highest BCUT2D eigenvalue weighted by molar-refractivity contribution is 7.99. The van der Waals surface area contributed by atoms with Crippen LogP contribution >= 0.6 is 11.8 Å². The van der Waals surface area contributed by atoms with Gasteiger partial charge in [-0.1, -0.05) is 19.1 Å². The average Bonchev–Trinajstić information content (AvgIpc) is 2.27. The summed E-state index contributed by atoms with van der Waals surface area (Å²) in [4.78, 5) is 0.763. The van der Waals surface area contributed by atoms with E-state index < -0.39 is 0 Å². The zero-order valence-electron chi connectivity index (χ0n) is 10.0. The van der Waals surface area contributed by atoms with Crippen LogP contribution in [0.2, 0.25) is 0 Å². The SMILES string of the molecule is CCNC(C)CCCSc1ccccc1F.